The van der Waals surface area contributed by atoms with Crippen LogP contribution in [-0.2, 0) is 10.0 Å². The van der Waals surface area contributed by atoms with Gasteiger partial charge < -0.3 is 4.90 Å². The Bertz CT molecular complexity index is 1150. The molecule has 28 heavy (non-hydrogen) atoms. The molecule has 2 aromatic carbocycles. The zero-order valence-electron chi connectivity index (χ0n) is 14.5. The number of nitrogens with zero attached hydrogens (tertiary/aromatic N) is 4. The van der Waals surface area contributed by atoms with Crippen LogP contribution >= 0.6 is 11.6 Å². The van der Waals surface area contributed by atoms with Crippen LogP contribution in [0.15, 0.2) is 47.6 Å². The molecule has 0 spiro atoms. The van der Waals surface area contributed by atoms with E-state index < -0.39 is 21.7 Å². The molecule has 0 bridgehead atoms. The van der Waals surface area contributed by atoms with Gasteiger partial charge in [-0.05, 0) is 30.3 Å². The van der Waals surface area contributed by atoms with Gasteiger partial charge in [0.2, 0.25) is 10.0 Å². The molecule has 4 rings (SSSR count). The molecule has 0 N–H and O–H groups in total. The molecule has 0 saturated carbocycles. The van der Waals surface area contributed by atoms with Crippen molar-refractivity contribution in [2.75, 3.05) is 31.1 Å². The molecule has 0 amide bonds. The molecule has 3 aromatic rings. The number of hydrogen-bond donors (Lipinski definition) is 0. The van der Waals surface area contributed by atoms with Gasteiger partial charge in [-0.3, -0.25) is 0 Å². The number of sulfonamides is 1. The van der Waals surface area contributed by atoms with Gasteiger partial charge in [-0.2, -0.15) is 4.31 Å². The lowest BCUT2D eigenvalue weighted by atomic mass is 10.2. The van der Waals surface area contributed by atoms with Crippen LogP contribution < -0.4 is 4.90 Å². The number of benzene rings is 2. The standard InChI is InChI=1S/C18H15ClF2N4O2S/c19-13-10-12(4-5-14(13)20)28(26,27)25-8-6-24(7-9-25)18-17-15(21)2-1-3-16(17)22-11-23-18/h1-5,10-11H,6-9H2. The number of rotatable bonds is 3. The molecular weight excluding hydrogens is 410 g/mol. The van der Waals surface area contributed by atoms with Gasteiger partial charge in [0.15, 0.2) is 0 Å². The molecule has 1 aliphatic rings. The quantitative estimate of drug-likeness (QED) is 0.646. The van der Waals surface area contributed by atoms with Gasteiger partial charge >= 0.3 is 0 Å². The minimum Gasteiger partial charge on any atom is -0.353 e. The monoisotopic (exact) mass is 424 g/mol. The number of halogens is 3. The van der Waals surface area contributed by atoms with Crippen molar-refractivity contribution in [3.05, 3.63) is 59.4 Å². The largest absolute Gasteiger partial charge is 0.353 e. The van der Waals surface area contributed by atoms with Crippen LogP contribution in [0, 0.1) is 11.6 Å². The highest BCUT2D eigenvalue weighted by Crippen LogP contribution is 2.28. The normalized spacial score (nSPS) is 15.9. The fourth-order valence-electron chi connectivity index (χ4n) is 3.22. The summed E-state index contributed by atoms with van der Waals surface area (Å²) in [5.74, 6) is -0.669. The van der Waals surface area contributed by atoms with E-state index in [0.29, 0.717) is 29.8 Å². The Hall–Kier alpha value is -2.36. The van der Waals surface area contributed by atoms with Gasteiger partial charge in [0.1, 0.15) is 23.8 Å². The lowest BCUT2D eigenvalue weighted by molar-refractivity contribution is 0.384. The van der Waals surface area contributed by atoms with E-state index in [1.807, 2.05) is 4.90 Å². The Balaban J connectivity index is 1.58. The molecule has 1 aromatic heterocycles. The highest BCUT2D eigenvalue weighted by molar-refractivity contribution is 7.89. The van der Waals surface area contributed by atoms with Crippen molar-refractivity contribution in [3.8, 4) is 0 Å². The number of aromatic nitrogens is 2. The maximum atomic E-state index is 14.3. The first kappa shape index (κ1) is 19.0. The van der Waals surface area contributed by atoms with Crippen molar-refractivity contribution in [1.29, 1.82) is 0 Å². The molecule has 10 heteroatoms. The second-order valence-corrected chi connectivity index (χ2v) is 8.64. The predicted molar refractivity (Wildman–Crippen MR) is 102 cm³/mol. The molecule has 2 heterocycles. The van der Waals surface area contributed by atoms with E-state index in [0.717, 1.165) is 12.1 Å². The van der Waals surface area contributed by atoms with Crippen molar-refractivity contribution < 1.29 is 17.2 Å². The summed E-state index contributed by atoms with van der Waals surface area (Å²) in [6, 6.07) is 7.94. The third kappa shape index (κ3) is 3.30. The molecule has 0 aliphatic carbocycles. The summed E-state index contributed by atoms with van der Waals surface area (Å²) in [5.41, 5.74) is 0.487. The molecule has 0 unspecified atom stereocenters. The highest BCUT2D eigenvalue weighted by Gasteiger charge is 2.30. The Kier molecular flexibility index (Phi) is 4.90. The van der Waals surface area contributed by atoms with Crippen LogP contribution in [0.3, 0.4) is 0 Å². The smallest absolute Gasteiger partial charge is 0.243 e. The molecular formula is C18H15ClF2N4O2S. The lowest BCUT2D eigenvalue weighted by Gasteiger charge is -2.35. The van der Waals surface area contributed by atoms with Crippen molar-refractivity contribution in [2.24, 2.45) is 0 Å². The van der Waals surface area contributed by atoms with Crippen LogP contribution in [0.4, 0.5) is 14.6 Å². The molecule has 146 valence electrons. The van der Waals surface area contributed by atoms with E-state index in [-0.39, 0.29) is 23.0 Å². The average molecular weight is 425 g/mol. The number of fused-ring (bicyclic) bond motifs is 1. The predicted octanol–water partition coefficient (Wildman–Crippen LogP) is 3.07. The number of hydrogen-bond acceptors (Lipinski definition) is 5. The second kappa shape index (κ2) is 7.23. The van der Waals surface area contributed by atoms with Crippen LogP contribution in [0.1, 0.15) is 0 Å². The summed E-state index contributed by atoms with van der Waals surface area (Å²) in [7, 11) is -3.81. The summed E-state index contributed by atoms with van der Waals surface area (Å²) >= 11 is 5.72. The Labute approximate surface area is 165 Å². The number of piperazine rings is 1. The van der Waals surface area contributed by atoms with E-state index >= 15 is 0 Å². The van der Waals surface area contributed by atoms with Crippen LogP contribution in [0.25, 0.3) is 10.9 Å². The highest BCUT2D eigenvalue weighted by atomic mass is 35.5. The molecule has 1 saturated heterocycles. The molecule has 0 atom stereocenters. The van der Waals surface area contributed by atoms with E-state index in [9.17, 15) is 17.2 Å². The van der Waals surface area contributed by atoms with Crippen LogP contribution in [0.5, 0.6) is 0 Å². The van der Waals surface area contributed by atoms with Crippen molar-refractivity contribution in [1.82, 2.24) is 14.3 Å². The van der Waals surface area contributed by atoms with Crippen molar-refractivity contribution in [3.63, 3.8) is 0 Å². The minimum atomic E-state index is -3.81. The van der Waals surface area contributed by atoms with Gasteiger partial charge in [0, 0.05) is 26.2 Å². The van der Waals surface area contributed by atoms with Gasteiger partial charge in [-0.15, -0.1) is 0 Å². The van der Waals surface area contributed by atoms with Gasteiger partial charge in [0.25, 0.3) is 0 Å². The van der Waals surface area contributed by atoms with Gasteiger partial charge in [-0.1, -0.05) is 17.7 Å². The first-order valence-corrected chi connectivity index (χ1v) is 10.3. The van der Waals surface area contributed by atoms with Gasteiger partial charge in [0.05, 0.1) is 20.8 Å². The SMILES string of the molecule is O=S(=O)(c1ccc(F)c(Cl)c1)N1CCN(c2ncnc3cccc(F)c23)CC1. The van der Waals surface area contributed by atoms with E-state index in [1.54, 1.807) is 12.1 Å². The summed E-state index contributed by atoms with van der Waals surface area (Å²) in [6.45, 7) is 1.01. The first-order chi connectivity index (χ1) is 13.4. The minimum absolute atomic E-state index is 0.0640. The third-order valence-corrected chi connectivity index (χ3v) is 6.84. The zero-order chi connectivity index (χ0) is 19.9. The summed E-state index contributed by atoms with van der Waals surface area (Å²) in [4.78, 5) is 10.1. The van der Waals surface area contributed by atoms with E-state index in [2.05, 4.69) is 9.97 Å². The topological polar surface area (TPSA) is 66.4 Å². The number of anilines is 1. The molecule has 1 fully saturated rings. The van der Waals surface area contributed by atoms with Crippen LogP contribution in [0.2, 0.25) is 5.02 Å². The van der Waals surface area contributed by atoms with E-state index in [4.69, 9.17) is 11.6 Å². The lowest BCUT2D eigenvalue weighted by Crippen LogP contribution is -2.49. The first-order valence-electron chi connectivity index (χ1n) is 8.47. The molecule has 1 aliphatic heterocycles. The second-order valence-electron chi connectivity index (χ2n) is 6.30. The molecule has 0 radical (unpaired) electrons. The van der Waals surface area contributed by atoms with Crippen LogP contribution in [-0.4, -0.2) is 48.9 Å². The van der Waals surface area contributed by atoms with Crippen molar-refractivity contribution >= 4 is 38.3 Å². The molecule has 6 nitrogen and oxygen atoms in total. The summed E-state index contributed by atoms with van der Waals surface area (Å²) < 4.78 is 54.5. The maximum absolute atomic E-state index is 14.3. The Morgan fingerprint density at radius 3 is 2.43 bits per heavy atom. The summed E-state index contributed by atoms with van der Waals surface area (Å²) in [6.07, 6.45) is 1.36. The fraction of sp³-hybridized carbons (Fsp3) is 0.222. The van der Waals surface area contributed by atoms with E-state index in [1.165, 1.54) is 22.8 Å². The van der Waals surface area contributed by atoms with Gasteiger partial charge in [-0.25, -0.2) is 27.2 Å². The fourth-order valence-corrected chi connectivity index (χ4v) is 4.91. The summed E-state index contributed by atoms with van der Waals surface area (Å²) in [5, 5.41) is 0.0641. The Morgan fingerprint density at radius 1 is 0.964 bits per heavy atom. The third-order valence-electron chi connectivity index (χ3n) is 4.66. The van der Waals surface area contributed by atoms with Crippen molar-refractivity contribution in [2.45, 2.75) is 4.90 Å². The Morgan fingerprint density at radius 2 is 1.71 bits per heavy atom. The average Bonchev–Trinajstić information content (AvgIpc) is 2.70. The zero-order valence-corrected chi connectivity index (χ0v) is 16.1. The maximum Gasteiger partial charge on any atom is 0.243 e.